The van der Waals surface area contributed by atoms with Crippen molar-refractivity contribution in [2.45, 2.75) is 111 Å². The molecule has 0 saturated carbocycles. The number of hydrogen-bond donors (Lipinski definition) is 5. The van der Waals surface area contributed by atoms with E-state index >= 15 is 0 Å². The van der Waals surface area contributed by atoms with Crippen LogP contribution in [0.25, 0.3) is 0 Å². The zero-order chi connectivity index (χ0) is 34.6. The molecule has 0 aliphatic carbocycles. The molecule has 0 heterocycles. The number of aliphatic hydroxyl groups is 5. The van der Waals surface area contributed by atoms with E-state index in [9.17, 15) is 25.5 Å². The first-order valence-electron chi connectivity index (χ1n) is 16.1. The predicted molar refractivity (Wildman–Crippen MR) is 182 cm³/mol. The Morgan fingerprint density at radius 3 is 1.38 bits per heavy atom. The molecule has 5 N–H and O–H groups in total. The molecule has 7 nitrogen and oxygen atoms in total. The van der Waals surface area contributed by atoms with E-state index in [0.717, 1.165) is 22.3 Å². The third kappa shape index (κ3) is 9.30. The molecule has 0 aliphatic rings. The fourth-order valence-electron chi connectivity index (χ4n) is 5.37. The van der Waals surface area contributed by atoms with Crippen LogP contribution >= 0.6 is 0 Å². The van der Waals surface area contributed by atoms with Crippen LogP contribution in [0, 0.1) is 10.8 Å². The standard InChI is InChI=1S/C38H62O7/c1-33(2,3)26-13-15-28(29(17-26)35(7,8)9)32(38(22-42,23-43)25-44-24-37(19-39,20-40)21-41)45-31-16-14-27(34(4,5)6)18-30(31)36(10,11)12/h13-18,32,39-43H,19-25H2,1-12H3. The first kappa shape index (κ1) is 39.2. The summed E-state index contributed by atoms with van der Waals surface area (Å²) in [6.07, 6.45) is -0.843. The van der Waals surface area contributed by atoms with Crippen molar-refractivity contribution in [3.05, 3.63) is 64.2 Å². The average Bonchev–Trinajstić information content (AvgIpc) is 2.94. The highest BCUT2D eigenvalue weighted by molar-refractivity contribution is 5.46. The number of aliphatic hydroxyl groups excluding tert-OH is 5. The van der Waals surface area contributed by atoms with Crippen molar-refractivity contribution < 1.29 is 35.0 Å². The van der Waals surface area contributed by atoms with E-state index < -0.39 is 50.0 Å². The number of ether oxygens (including phenoxy) is 2. The molecule has 0 radical (unpaired) electrons. The molecule has 256 valence electrons. The van der Waals surface area contributed by atoms with Gasteiger partial charge in [0.1, 0.15) is 11.9 Å². The molecule has 1 atom stereocenters. The van der Waals surface area contributed by atoms with Gasteiger partial charge in [-0.2, -0.15) is 0 Å². The lowest BCUT2D eigenvalue weighted by molar-refractivity contribution is -0.122. The maximum atomic E-state index is 11.1. The smallest absolute Gasteiger partial charge is 0.136 e. The summed E-state index contributed by atoms with van der Waals surface area (Å²) in [6.45, 7) is 23.2. The molecule has 0 spiro atoms. The average molecular weight is 631 g/mol. The van der Waals surface area contributed by atoms with Gasteiger partial charge >= 0.3 is 0 Å². The molecule has 0 bridgehead atoms. The Morgan fingerprint density at radius 2 is 0.978 bits per heavy atom. The van der Waals surface area contributed by atoms with Crippen molar-refractivity contribution in [2.24, 2.45) is 10.8 Å². The first-order valence-corrected chi connectivity index (χ1v) is 16.1. The van der Waals surface area contributed by atoms with Gasteiger partial charge < -0.3 is 35.0 Å². The highest BCUT2D eigenvalue weighted by Gasteiger charge is 2.45. The van der Waals surface area contributed by atoms with Gasteiger partial charge in [-0.25, -0.2) is 0 Å². The van der Waals surface area contributed by atoms with Gasteiger partial charge in [0.25, 0.3) is 0 Å². The minimum Gasteiger partial charge on any atom is -0.485 e. The second-order valence-corrected chi connectivity index (χ2v) is 17.2. The fourth-order valence-corrected chi connectivity index (χ4v) is 5.37. The fraction of sp³-hybridized carbons (Fsp3) is 0.684. The van der Waals surface area contributed by atoms with E-state index in [-0.39, 0.29) is 34.9 Å². The van der Waals surface area contributed by atoms with Crippen LogP contribution in [0.3, 0.4) is 0 Å². The van der Waals surface area contributed by atoms with E-state index in [2.05, 4.69) is 107 Å². The van der Waals surface area contributed by atoms with Crippen LogP contribution in [0.2, 0.25) is 0 Å². The Labute approximate surface area is 272 Å². The lowest BCUT2D eigenvalue weighted by Crippen LogP contribution is -2.46. The van der Waals surface area contributed by atoms with Gasteiger partial charge in [0.05, 0.1) is 57.1 Å². The Bertz CT molecular complexity index is 1220. The molecule has 0 saturated heterocycles. The van der Waals surface area contributed by atoms with Crippen molar-refractivity contribution in [3.8, 4) is 5.75 Å². The highest BCUT2D eigenvalue weighted by atomic mass is 16.5. The van der Waals surface area contributed by atoms with Crippen LogP contribution in [0.4, 0.5) is 0 Å². The van der Waals surface area contributed by atoms with Crippen LogP contribution < -0.4 is 4.74 Å². The number of rotatable bonds is 13. The van der Waals surface area contributed by atoms with E-state index in [1.807, 2.05) is 12.1 Å². The minimum atomic E-state index is -1.33. The lowest BCUT2D eigenvalue weighted by Gasteiger charge is -2.42. The quantitative estimate of drug-likeness (QED) is 0.186. The zero-order valence-corrected chi connectivity index (χ0v) is 30.0. The van der Waals surface area contributed by atoms with E-state index in [4.69, 9.17) is 9.47 Å². The maximum Gasteiger partial charge on any atom is 0.136 e. The van der Waals surface area contributed by atoms with Gasteiger partial charge in [0, 0.05) is 0 Å². The summed E-state index contributed by atoms with van der Waals surface area (Å²) in [7, 11) is 0. The summed E-state index contributed by atoms with van der Waals surface area (Å²) in [5, 5.41) is 51.8. The van der Waals surface area contributed by atoms with Crippen molar-refractivity contribution in [3.63, 3.8) is 0 Å². The largest absolute Gasteiger partial charge is 0.485 e. The summed E-state index contributed by atoms with van der Waals surface area (Å²) in [6, 6.07) is 12.6. The van der Waals surface area contributed by atoms with Crippen LogP contribution in [0.15, 0.2) is 36.4 Å². The van der Waals surface area contributed by atoms with E-state index in [0.29, 0.717) is 5.75 Å². The van der Waals surface area contributed by atoms with E-state index in [1.165, 1.54) is 5.56 Å². The minimum absolute atomic E-state index is 0.0769. The van der Waals surface area contributed by atoms with Gasteiger partial charge in [-0.05, 0) is 55.5 Å². The number of hydrogen-bond acceptors (Lipinski definition) is 7. The van der Waals surface area contributed by atoms with Crippen molar-refractivity contribution >= 4 is 0 Å². The molecular formula is C38H62O7. The predicted octanol–water partition coefficient (Wildman–Crippen LogP) is 5.95. The van der Waals surface area contributed by atoms with Crippen LogP contribution in [0.5, 0.6) is 5.75 Å². The number of benzene rings is 2. The summed E-state index contributed by atoms with van der Waals surface area (Å²) in [4.78, 5) is 0. The molecule has 45 heavy (non-hydrogen) atoms. The van der Waals surface area contributed by atoms with Crippen LogP contribution in [-0.4, -0.2) is 71.8 Å². The third-order valence-corrected chi connectivity index (χ3v) is 8.90. The second kappa shape index (κ2) is 14.4. The molecular weight excluding hydrogens is 568 g/mol. The van der Waals surface area contributed by atoms with Gasteiger partial charge in [-0.15, -0.1) is 0 Å². The van der Waals surface area contributed by atoms with Crippen molar-refractivity contribution in [2.75, 3.05) is 46.2 Å². The Balaban J connectivity index is 2.89. The summed E-state index contributed by atoms with van der Waals surface area (Å²) in [5.41, 5.74) is 1.86. The molecule has 7 heteroatoms. The normalized spacial score (nSPS) is 14.5. The molecule has 0 aromatic heterocycles. The Morgan fingerprint density at radius 1 is 0.533 bits per heavy atom. The first-order chi connectivity index (χ1) is 20.5. The van der Waals surface area contributed by atoms with Crippen LogP contribution in [0.1, 0.15) is 117 Å². The SMILES string of the molecule is CC(C)(C)c1ccc(OC(c2ccc(C(C)(C)C)cc2C(C)(C)C)C(CO)(CO)COCC(CO)(CO)CO)c(C(C)(C)C)c1. The van der Waals surface area contributed by atoms with Gasteiger partial charge in [0.15, 0.2) is 0 Å². The van der Waals surface area contributed by atoms with Crippen molar-refractivity contribution in [1.29, 1.82) is 0 Å². The highest BCUT2D eigenvalue weighted by Crippen LogP contribution is 2.46. The maximum absolute atomic E-state index is 11.1. The lowest BCUT2D eigenvalue weighted by atomic mass is 9.72. The zero-order valence-electron chi connectivity index (χ0n) is 30.0. The topological polar surface area (TPSA) is 120 Å². The molecule has 1 unspecified atom stereocenters. The van der Waals surface area contributed by atoms with Crippen LogP contribution in [-0.2, 0) is 26.4 Å². The van der Waals surface area contributed by atoms with Gasteiger partial charge in [-0.3, -0.25) is 0 Å². The monoisotopic (exact) mass is 630 g/mol. The van der Waals surface area contributed by atoms with E-state index in [1.54, 1.807) is 0 Å². The molecule has 2 rings (SSSR count). The third-order valence-electron chi connectivity index (χ3n) is 8.90. The van der Waals surface area contributed by atoms with Gasteiger partial charge in [0.2, 0.25) is 0 Å². The molecule has 0 aliphatic heterocycles. The Hall–Kier alpha value is -2.00. The Kier molecular flexibility index (Phi) is 12.5. The summed E-state index contributed by atoms with van der Waals surface area (Å²) >= 11 is 0. The molecule has 2 aromatic rings. The van der Waals surface area contributed by atoms with Crippen molar-refractivity contribution in [1.82, 2.24) is 0 Å². The summed E-state index contributed by atoms with van der Waals surface area (Å²) < 4.78 is 13.1. The van der Waals surface area contributed by atoms with Gasteiger partial charge in [-0.1, -0.05) is 113 Å². The molecule has 0 fully saturated rings. The second-order valence-electron chi connectivity index (χ2n) is 17.2. The molecule has 0 amide bonds. The summed E-state index contributed by atoms with van der Waals surface area (Å²) in [5.74, 6) is 0.655. The molecule has 2 aromatic carbocycles.